The smallest absolute Gasteiger partial charge is 0.297 e. The topological polar surface area (TPSA) is 80.3 Å². The molecule has 0 aliphatic carbocycles. The van der Waals surface area contributed by atoms with Crippen molar-refractivity contribution in [1.29, 1.82) is 0 Å². The Hall–Kier alpha value is -0.813. The van der Waals surface area contributed by atoms with Crippen LogP contribution >= 0.6 is 0 Å². The Kier molecular flexibility index (Phi) is 7.13. The maximum atomic E-state index is 12.6. The highest BCUT2D eigenvalue weighted by Crippen LogP contribution is 2.41. The van der Waals surface area contributed by atoms with Crippen molar-refractivity contribution in [2.45, 2.75) is 95.0 Å². The van der Waals surface area contributed by atoms with E-state index in [1.165, 1.54) is 0 Å². The van der Waals surface area contributed by atoms with Gasteiger partial charge < -0.3 is 18.6 Å². The van der Waals surface area contributed by atoms with Gasteiger partial charge in [-0.15, -0.1) is 0 Å². The zero-order chi connectivity index (χ0) is 22.2. The zero-order valence-electron chi connectivity index (χ0n) is 18.7. The number of hydrogen-bond acceptors (Lipinski definition) is 7. The molecule has 3 rings (SSSR count). The van der Waals surface area contributed by atoms with E-state index in [0.717, 1.165) is 23.7 Å². The van der Waals surface area contributed by atoms with E-state index < -0.39 is 48.8 Å². The van der Waals surface area contributed by atoms with E-state index in [-0.39, 0.29) is 11.5 Å². The van der Waals surface area contributed by atoms with Crippen molar-refractivity contribution in [3.63, 3.8) is 0 Å². The van der Waals surface area contributed by atoms with Crippen LogP contribution in [0.4, 0.5) is 0 Å². The summed E-state index contributed by atoms with van der Waals surface area (Å²) in [6.45, 7) is 11.9. The van der Waals surface area contributed by atoms with Crippen LogP contribution in [0.3, 0.4) is 0 Å². The molecule has 0 radical (unpaired) electrons. The van der Waals surface area contributed by atoms with Gasteiger partial charge in [0.25, 0.3) is 10.1 Å². The van der Waals surface area contributed by atoms with E-state index in [9.17, 15) is 8.42 Å². The fourth-order valence-electron chi connectivity index (χ4n) is 4.04. The first-order valence-electron chi connectivity index (χ1n) is 10.7. The molecule has 0 amide bonds. The molecule has 0 unspecified atom stereocenters. The second-order valence-electron chi connectivity index (χ2n) is 8.52. The molecular weight excluding hydrogens is 424 g/mol. The van der Waals surface area contributed by atoms with E-state index >= 15 is 0 Å². The molecule has 1 aromatic carbocycles. The molecule has 0 N–H and O–H groups in total. The highest BCUT2D eigenvalue weighted by molar-refractivity contribution is 7.86. The van der Waals surface area contributed by atoms with Gasteiger partial charge in [0.05, 0.1) is 11.5 Å². The van der Waals surface area contributed by atoms with E-state index in [1.807, 2.05) is 20.8 Å². The van der Waals surface area contributed by atoms with Crippen LogP contribution in [-0.2, 0) is 32.9 Å². The normalized spacial score (nSPS) is 28.6. The van der Waals surface area contributed by atoms with Crippen molar-refractivity contribution in [3.8, 4) is 0 Å². The Morgan fingerprint density at radius 2 is 1.63 bits per heavy atom. The quantitative estimate of drug-likeness (QED) is 0.409. The van der Waals surface area contributed by atoms with Crippen molar-refractivity contribution in [2.24, 2.45) is 0 Å². The van der Waals surface area contributed by atoms with Crippen LogP contribution in [0.5, 0.6) is 0 Å². The predicted molar refractivity (Wildman–Crippen MR) is 115 cm³/mol. The number of benzene rings is 1. The molecule has 0 aromatic heterocycles. The molecular formula is C21H34O7SSi. The number of fused-ring (bicyclic) bond motifs is 1. The summed E-state index contributed by atoms with van der Waals surface area (Å²) < 4.78 is 55.3. The van der Waals surface area contributed by atoms with Crippen molar-refractivity contribution in [3.05, 3.63) is 29.8 Å². The van der Waals surface area contributed by atoms with E-state index in [0.29, 0.717) is 0 Å². The molecule has 9 heteroatoms. The first kappa shape index (κ1) is 23.8. The van der Waals surface area contributed by atoms with Gasteiger partial charge in [-0.3, -0.25) is 4.18 Å². The highest BCUT2D eigenvalue weighted by Gasteiger charge is 2.57. The maximum Gasteiger partial charge on any atom is 0.297 e. The van der Waals surface area contributed by atoms with Gasteiger partial charge in [-0.2, -0.15) is 8.42 Å². The molecule has 2 fully saturated rings. The SMILES string of the molecule is CC[Si](CC)(CC)O[C@@H]1[C@H]2OC(C)(C)O[C@H]2O[C@@H]1COS(=O)(=O)c1ccc(C)cc1. The van der Waals surface area contributed by atoms with Gasteiger partial charge >= 0.3 is 0 Å². The third kappa shape index (κ3) is 4.98. The summed E-state index contributed by atoms with van der Waals surface area (Å²) >= 11 is 0. The minimum Gasteiger partial charge on any atom is -0.408 e. The number of hydrogen-bond donors (Lipinski definition) is 0. The van der Waals surface area contributed by atoms with Gasteiger partial charge in [-0.1, -0.05) is 38.5 Å². The maximum absolute atomic E-state index is 12.6. The molecule has 0 bridgehead atoms. The molecule has 0 saturated carbocycles. The predicted octanol–water partition coefficient (Wildman–Crippen LogP) is 3.97. The standard InChI is InChI=1S/C21H34O7SSi/c1-7-30(8-2,9-3)28-18-17(25-20-19(18)26-21(5,6)27-20)14-24-29(22,23)16-12-10-15(4)11-13-16/h10-13,17-20H,7-9,14H2,1-6H3/t17-,18+,19-,20-/m1/s1. The van der Waals surface area contributed by atoms with Crippen molar-refractivity contribution < 1.29 is 31.2 Å². The lowest BCUT2D eigenvalue weighted by molar-refractivity contribution is -0.216. The Labute approximate surface area is 181 Å². The Morgan fingerprint density at radius 3 is 2.20 bits per heavy atom. The zero-order valence-corrected chi connectivity index (χ0v) is 20.5. The number of rotatable bonds is 9. The number of ether oxygens (including phenoxy) is 3. The average Bonchev–Trinajstić information content (AvgIpc) is 3.16. The van der Waals surface area contributed by atoms with Gasteiger partial charge in [0.1, 0.15) is 18.3 Å². The summed E-state index contributed by atoms with van der Waals surface area (Å²) in [7, 11) is -5.90. The molecule has 30 heavy (non-hydrogen) atoms. The molecule has 2 heterocycles. The third-order valence-corrected chi connectivity index (χ3v) is 12.0. The van der Waals surface area contributed by atoms with Gasteiger partial charge in [0, 0.05) is 0 Å². The summed E-state index contributed by atoms with van der Waals surface area (Å²) in [5.74, 6) is -0.772. The lowest BCUT2D eigenvalue weighted by Crippen LogP contribution is -2.48. The first-order valence-corrected chi connectivity index (χ1v) is 14.6. The fourth-order valence-corrected chi connectivity index (χ4v) is 7.82. The van der Waals surface area contributed by atoms with Crippen LogP contribution in [0.1, 0.15) is 40.2 Å². The molecule has 0 spiro atoms. The van der Waals surface area contributed by atoms with Crippen molar-refractivity contribution >= 4 is 18.4 Å². The largest absolute Gasteiger partial charge is 0.408 e. The van der Waals surface area contributed by atoms with Crippen LogP contribution in [0.2, 0.25) is 18.1 Å². The van der Waals surface area contributed by atoms with Gasteiger partial charge in [0.15, 0.2) is 20.4 Å². The summed E-state index contributed by atoms with van der Waals surface area (Å²) in [5, 5.41) is 0. The van der Waals surface area contributed by atoms with Crippen LogP contribution in [-0.4, -0.2) is 53.7 Å². The Morgan fingerprint density at radius 1 is 1.03 bits per heavy atom. The van der Waals surface area contributed by atoms with Crippen molar-refractivity contribution in [2.75, 3.05) is 6.61 Å². The lowest BCUT2D eigenvalue weighted by Gasteiger charge is -2.35. The lowest BCUT2D eigenvalue weighted by atomic mass is 10.1. The van der Waals surface area contributed by atoms with E-state index in [1.54, 1.807) is 24.3 Å². The van der Waals surface area contributed by atoms with Crippen LogP contribution in [0.15, 0.2) is 29.2 Å². The minimum absolute atomic E-state index is 0.122. The monoisotopic (exact) mass is 458 g/mol. The van der Waals surface area contributed by atoms with Crippen LogP contribution < -0.4 is 0 Å². The third-order valence-electron chi connectivity index (χ3n) is 6.10. The van der Waals surface area contributed by atoms with Crippen LogP contribution in [0.25, 0.3) is 0 Å². The summed E-state index contributed by atoms with van der Waals surface area (Å²) in [4.78, 5) is 0.122. The summed E-state index contributed by atoms with van der Waals surface area (Å²) in [6.07, 6.45) is -2.03. The Balaban J connectivity index is 1.77. The first-order chi connectivity index (χ1) is 14.0. The Bertz CT molecular complexity index is 812. The molecule has 170 valence electrons. The highest BCUT2D eigenvalue weighted by atomic mass is 32.2. The second kappa shape index (κ2) is 8.97. The summed E-state index contributed by atoms with van der Waals surface area (Å²) in [6, 6.07) is 9.47. The molecule has 2 aliphatic heterocycles. The molecule has 4 atom stereocenters. The van der Waals surface area contributed by atoms with E-state index in [4.69, 9.17) is 22.8 Å². The molecule has 2 aliphatic rings. The molecule has 1 aromatic rings. The number of aryl methyl sites for hydroxylation is 1. The molecule has 2 saturated heterocycles. The summed E-state index contributed by atoms with van der Waals surface area (Å²) in [5.41, 5.74) is 0.978. The fraction of sp³-hybridized carbons (Fsp3) is 0.714. The van der Waals surface area contributed by atoms with Gasteiger partial charge in [-0.05, 0) is 51.0 Å². The second-order valence-corrected chi connectivity index (χ2v) is 14.9. The van der Waals surface area contributed by atoms with Gasteiger partial charge in [-0.25, -0.2) is 0 Å². The van der Waals surface area contributed by atoms with Crippen LogP contribution in [0, 0.1) is 6.92 Å². The van der Waals surface area contributed by atoms with E-state index in [2.05, 4.69) is 20.8 Å². The minimum atomic E-state index is -3.90. The average molecular weight is 459 g/mol. The van der Waals surface area contributed by atoms with Gasteiger partial charge in [0.2, 0.25) is 0 Å². The van der Waals surface area contributed by atoms with Crippen molar-refractivity contribution in [1.82, 2.24) is 0 Å². The molecule has 7 nitrogen and oxygen atoms in total.